The van der Waals surface area contributed by atoms with Gasteiger partial charge in [-0.05, 0) is 48.0 Å². The topological polar surface area (TPSA) is 94.3 Å². The summed E-state index contributed by atoms with van der Waals surface area (Å²) in [5, 5.41) is 2.86. The van der Waals surface area contributed by atoms with E-state index in [-0.39, 0.29) is 18.1 Å². The highest BCUT2D eigenvalue weighted by atomic mass is 79.9. The molecule has 0 unspecified atom stereocenters. The van der Waals surface area contributed by atoms with Crippen LogP contribution in [-0.4, -0.2) is 16.8 Å². The third kappa shape index (κ3) is 5.15. The minimum atomic E-state index is -0.564. The summed E-state index contributed by atoms with van der Waals surface area (Å²) < 4.78 is 6.56. The highest BCUT2D eigenvalue weighted by Crippen LogP contribution is 2.17. The van der Waals surface area contributed by atoms with Crippen LogP contribution in [0.2, 0.25) is 0 Å². The highest BCUT2D eigenvalue weighted by molar-refractivity contribution is 9.10. The second kappa shape index (κ2) is 8.46. The number of primary amides is 1. The fraction of sp³-hybridized carbons (Fsp3) is 0.0500. The Hall–Kier alpha value is -3.19. The number of benzene rings is 2. The van der Waals surface area contributed by atoms with E-state index in [1.165, 1.54) is 18.5 Å². The van der Waals surface area contributed by atoms with Crippen LogP contribution in [0.1, 0.15) is 26.3 Å². The zero-order valence-electron chi connectivity index (χ0n) is 14.2. The maximum atomic E-state index is 12.3. The summed E-state index contributed by atoms with van der Waals surface area (Å²) in [5.41, 5.74) is 7.59. The number of pyridine rings is 1. The van der Waals surface area contributed by atoms with Crippen LogP contribution in [0.4, 0.5) is 5.69 Å². The van der Waals surface area contributed by atoms with Gasteiger partial charge in [0.25, 0.3) is 5.91 Å². The third-order valence-corrected chi connectivity index (χ3v) is 4.22. The van der Waals surface area contributed by atoms with Gasteiger partial charge in [0.05, 0.1) is 11.8 Å². The number of nitrogens with one attached hydrogen (secondary N) is 1. The van der Waals surface area contributed by atoms with Crippen molar-refractivity contribution in [2.24, 2.45) is 5.73 Å². The number of hydrogen-bond donors (Lipinski definition) is 2. The Morgan fingerprint density at radius 1 is 1.04 bits per heavy atom. The molecule has 0 aliphatic carbocycles. The van der Waals surface area contributed by atoms with Crippen LogP contribution in [-0.2, 0) is 6.61 Å². The van der Waals surface area contributed by atoms with Crippen LogP contribution >= 0.6 is 15.9 Å². The number of carbonyl (C=O) groups excluding carboxylic acids is 2. The Morgan fingerprint density at radius 2 is 1.81 bits per heavy atom. The number of anilines is 1. The number of nitrogens with two attached hydrogens (primary N) is 1. The number of aromatic nitrogens is 1. The lowest BCUT2D eigenvalue weighted by atomic mass is 10.2. The van der Waals surface area contributed by atoms with Crippen LogP contribution in [0.25, 0.3) is 0 Å². The molecule has 0 aliphatic rings. The summed E-state index contributed by atoms with van der Waals surface area (Å²) in [5.74, 6) is -0.319. The van der Waals surface area contributed by atoms with E-state index >= 15 is 0 Å². The van der Waals surface area contributed by atoms with E-state index in [2.05, 4.69) is 26.2 Å². The molecule has 136 valence electrons. The van der Waals surface area contributed by atoms with Crippen molar-refractivity contribution in [3.8, 4) is 5.75 Å². The monoisotopic (exact) mass is 425 g/mol. The van der Waals surface area contributed by atoms with Gasteiger partial charge in [-0.25, -0.2) is 0 Å². The molecular weight excluding hydrogens is 410 g/mol. The van der Waals surface area contributed by atoms with E-state index in [1.54, 1.807) is 18.2 Å². The molecule has 0 fully saturated rings. The molecule has 0 bridgehead atoms. The van der Waals surface area contributed by atoms with E-state index in [1.807, 2.05) is 30.3 Å². The fourth-order valence-corrected chi connectivity index (χ4v) is 2.61. The standard InChI is InChI=1S/C20H16BrN3O3/c21-16-6-4-14(5-7-16)20(26)24-17-3-1-2-13(8-17)12-27-18-9-15(19(22)25)10-23-11-18/h1-11H,12H2,(H2,22,25)(H,24,26). The van der Waals surface area contributed by atoms with Crippen molar-refractivity contribution in [3.05, 3.63) is 88.2 Å². The van der Waals surface area contributed by atoms with Gasteiger partial charge >= 0.3 is 0 Å². The highest BCUT2D eigenvalue weighted by Gasteiger charge is 2.07. The second-order valence-corrected chi connectivity index (χ2v) is 6.64. The van der Waals surface area contributed by atoms with Crippen molar-refractivity contribution in [2.75, 3.05) is 5.32 Å². The molecule has 6 nitrogen and oxygen atoms in total. The number of carbonyl (C=O) groups is 2. The molecule has 0 atom stereocenters. The second-order valence-electron chi connectivity index (χ2n) is 5.72. The predicted molar refractivity (Wildman–Crippen MR) is 106 cm³/mol. The predicted octanol–water partition coefficient (Wildman–Crippen LogP) is 3.77. The van der Waals surface area contributed by atoms with Crippen molar-refractivity contribution < 1.29 is 14.3 Å². The maximum Gasteiger partial charge on any atom is 0.255 e. The average molecular weight is 426 g/mol. The van der Waals surface area contributed by atoms with Gasteiger partial charge < -0.3 is 15.8 Å². The van der Waals surface area contributed by atoms with Gasteiger partial charge in [-0.3, -0.25) is 14.6 Å². The van der Waals surface area contributed by atoms with Crippen LogP contribution < -0.4 is 15.8 Å². The summed E-state index contributed by atoms with van der Waals surface area (Å²) in [6, 6.07) is 16.0. The lowest BCUT2D eigenvalue weighted by Crippen LogP contribution is -2.12. The number of hydrogen-bond acceptors (Lipinski definition) is 4. The van der Waals surface area contributed by atoms with Gasteiger partial charge in [0, 0.05) is 21.9 Å². The molecule has 1 aromatic heterocycles. The molecule has 0 saturated heterocycles. The van der Waals surface area contributed by atoms with Crippen molar-refractivity contribution in [1.82, 2.24) is 4.98 Å². The number of amides is 2. The fourth-order valence-electron chi connectivity index (χ4n) is 2.34. The summed E-state index contributed by atoms with van der Waals surface area (Å²) in [6.07, 6.45) is 2.89. The quantitative estimate of drug-likeness (QED) is 0.628. The van der Waals surface area contributed by atoms with Gasteiger partial charge in [0.2, 0.25) is 5.91 Å². The van der Waals surface area contributed by atoms with Gasteiger partial charge in [-0.15, -0.1) is 0 Å². The zero-order valence-corrected chi connectivity index (χ0v) is 15.8. The van der Waals surface area contributed by atoms with Crippen molar-refractivity contribution in [3.63, 3.8) is 0 Å². The molecule has 1 heterocycles. The molecular formula is C20H16BrN3O3. The molecule has 7 heteroatoms. The number of halogens is 1. The van der Waals surface area contributed by atoms with Gasteiger partial charge in [0.15, 0.2) is 0 Å². The summed E-state index contributed by atoms with van der Waals surface area (Å²) in [4.78, 5) is 27.4. The normalized spacial score (nSPS) is 10.3. The van der Waals surface area contributed by atoms with Crippen LogP contribution in [0, 0.1) is 0 Å². The van der Waals surface area contributed by atoms with Crippen molar-refractivity contribution in [2.45, 2.75) is 6.61 Å². The van der Waals surface area contributed by atoms with E-state index in [0.717, 1.165) is 10.0 Å². The Labute approximate surface area is 164 Å². The minimum absolute atomic E-state index is 0.195. The molecule has 0 spiro atoms. The number of nitrogens with zero attached hydrogens (tertiary/aromatic N) is 1. The van der Waals surface area contributed by atoms with E-state index in [9.17, 15) is 9.59 Å². The first-order valence-corrected chi connectivity index (χ1v) is 8.84. The van der Waals surface area contributed by atoms with Crippen LogP contribution in [0.5, 0.6) is 5.75 Å². The van der Waals surface area contributed by atoms with Gasteiger partial charge in [-0.2, -0.15) is 0 Å². The van der Waals surface area contributed by atoms with Crippen LogP contribution in [0.3, 0.4) is 0 Å². The van der Waals surface area contributed by atoms with E-state index < -0.39 is 5.91 Å². The summed E-state index contributed by atoms with van der Waals surface area (Å²) in [6.45, 7) is 0.256. The van der Waals surface area contributed by atoms with Crippen LogP contribution in [0.15, 0.2) is 71.5 Å². The van der Waals surface area contributed by atoms with Crippen molar-refractivity contribution in [1.29, 1.82) is 0 Å². The first-order valence-electron chi connectivity index (χ1n) is 8.05. The molecule has 3 N–H and O–H groups in total. The van der Waals surface area contributed by atoms with Gasteiger partial charge in [0.1, 0.15) is 12.4 Å². The minimum Gasteiger partial charge on any atom is -0.487 e. The molecule has 3 aromatic rings. The first kappa shape index (κ1) is 18.6. The van der Waals surface area contributed by atoms with E-state index in [0.29, 0.717) is 17.0 Å². The Morgan fingerprint density at radius 3 is 2.56 bits per heavy atom. The number of ether oxygens (including phenoxy) is 1. The lowest BCUT2D eigenvalue weighted by Gasteiger charge is -2.09. The summed E-state index contributed by atoms with van der Waals surface area (Å²) in [7, 11) is 0. The molecule has 2 aromatic carbocycles. The third-order valence-electron chi connectivity index (χ3n) is 3.69. The van der Waals surface area contributed by atoms with Crippen molar-refractivity contribution >= 4 is 33.4 Å². The van der Waals surface area contributed by atoms with E-state index in [4.69, 9.17) is 10.5 Å². The smallest absolute Gasteiger partial charge is 0.255 e. The zero-order chi connectivity index (χ0) is 19.2. The number of rotatable bonds is 6. The average Bonchev–Trinajstić information content (AvgIpc) is 2.67. The first-order chi connectivity index (χ1) is 13.0. The Bertz CT molecular complexity index is 974. The lowest BCUT2D eigenvalue weighted by molar-refractivity contribution is 0.0997. The SMILES string of the molecule is NC(=O)c1cncc(OCc2cccc(NC(=O)c3ccc(Br)cc3)c2)c1. The molecule has 3 rings (SSSR count). The molecule has 0 aliphatic heterocycles. The van der Waals surface area contributed by atoms with Gasteiger partial charge in [-0.1, -0.05) is 28.1 Å². The Kier molecular flexibility index (Phi) is 5.83. The molecule has 2 amide bonds. The molecule has 27 heavy (non-hydrogen) atoms. The summed E-state index contributed by atoms with van der Waals surface area (Å²) >= 11 is 3.34. The maximum absolute atomic E-state index is 12.3. The Balaban J connectivity index is 1.65. The molecule has 0 saturated carbocycles. The largest absolute Gasteiger partial charge is 0.487 e. The molecule has 0 radical (unpaired) electrons.